The first kappa shape index (κ1) is 12.3. The Morgan fingerprint density at radius 2 is 1.92 bits per heavy atom. The molecule has 0 aliphatic rings. The van der Waals surface area contributed by atoms with E-state index in [2.05, 4.69) is 34.7 Å². The Kier molecular flexibility index (Phi) is 8.88. The molecule has 0 rings (SSSR count). The van der Waals surface area contributed by atoms with E-state index in [4.69, 9.17) is 5.11 Å². The molecule has 1 N–H and O–H groups in total. The minimum atomic E-state index is -0.223. The Morgan fingerprint density at radius 1 is 1.23 bits per heavy atom. The van der Waals surface area contributed by atoms with Gasteiger partial charge in [0.1, 0.15) is 6.73 Å². The number of hydrogen-bond donors (Lipinski definition) is 1. The van der Waals surface area contributed by atoms with Crippen LogP contribution in [0, 0.1) is 0 Å². The van der Waals surface area contributed by atoms with Gasteiger partial charge in [0.05, 0.1) is 12.6 Å². The van der Waals surface area contributed by atoms with Crippen LogP contribution >= 0.6 is 0 Å². The van der Waals surface area contributed by atoms with Crippen LogP contribution in [0.25, 0.3) is 0 Å². The molecule has 13 heavy (non-hydrogen) atoms. The fourth-order valence-electron chi connectivity index (χ4n) is 1.04. The van der Waals surface area contributed by atoms with Gasteiger partial charge in [-0.2, -0.15) is 4.99 Å². The lowest BCUT2D eigenvalue weighted by Gasteiger charge is -2.16. The standard InChI is InChI=1S/C9H19N3O/c1-3-12(4-2)7-5-6-10-8-11-9-13/h13H,3-7,9H2,1-2H3. The van der Waals surface area contributed by atoms with Gasteiger partial charge in [0, 0.05) is 0 Å². The van der Waals surface area contributed by atoms with Gasteiger partial charge in [-0.15, -0.1) is 0 Å². The van der Waals surface area contributed by atoms with Gasteiger partial charge in [0.25, 0.3) is 0 Å². The lowest BCUT2D eigenvalue weighted by molar-refractivity contribution is 0.302. The largest absolute Gasteiger partial charge is 0.374 e. The highest BCUT2D eigenvalue weighted by Crippen LogP contribution is 1.90. The first-order valence-corrected chi connectivity index (χ1v) is 4.76. The minimum Gasteiger partial charge on any atom is -0.374 e. The Hall–Kier alpha value is -0.700. The topological polar surface area (TPSA) is 48.2 Å². The summed E-state index contributed by atoms with van der Waals surface area (Å²) in [5.41, 5.74) is 0. The molecular formula is C9H19N3O. The van der Waals surface area contributed by atoms with E-state index in [9.17, 15) is 0 Å². The number of nitrogens with zero attached hydrogens (tertiary/aromatic N) is 3. The van der Waals surface area contributed by atoms with Crippen LogP contribution in [0.15, 0.2) is 9.98 Å². The Morgan fingerprint density at radius 3 is 2.46 bits per heavy atom. The smallest absolute Gasteiger partial charge is 0.145 e. The van der Waals surface area contributed by atoms with Crippen molar-refractivity contribution in [3.63, 3.8) is 0 Å². The zero-order valence-corrected chi connectivity index (χ0v) is 8.53. The summed E-state index contributed by atoms with van der Waals surface area (Å²) < 4.78 is 0. The Balaban J connectivity index is 3.38. The van der Waals surface area contributed by atoms with Crippen molar-refractivity contribution in [2.75, 3.05) is 32.9 Å². The van der Waals surface area contributed by atoms with Gasteiger partial charge in [-0.1, -0.05) is 13.8 Å². The zero-order chi connectivity index (χ0) is 9.94. The molecule has 0 saturated heterocycles. The normalized spacial score (nSPS) is 9.85. The minimum absolute atomic E-state index is 0.223. The molecule has 0 amide bonds. The van der Waals surface area contributed by atoms with Crippen molar-refractivity contribution in [3.05, 3.63) is 0 Å². The third-order valence-corrected chi connectivity index (χ3v) is 1.85. The summed E-state index contributed by atoms with van der Waals surface area (Å²) in [5.74, 6) is 0. The number of aliphatic hydroxyl groups is 1. The molecule has 4 heteroatoms. The Bertz CT molecular complexity index is 160. The van der Waals surface area contributed by atoms with Gasteiger partial charge >= 0.3 is 0 Å². The van der Waals surface area contributed by atoms with Crippen molar-refractivity contribution < 1.29 is 5.11 Å². The van der Waals surface area contributed by atoms with E-state index < -0.39 is 0 Å². The number of aliphatic imine (C=N–C) groups is 2. The first-order valence-electron chi connectivity index (χ1n) is 4.76. The second-order valence-corrected chi connectivity index (χ2v) is 2.66. The van der Waals surface area contributed by atoms with Crippen LogP contribution in [0.4, 0.5) is 0 Å². The first-order chi connectivity index (χ1) is 6.35. The van der Waals surface area contributed by atoms with Crippen molar-refractivity contribution >= 4 is 6.01 Å². The maximum Gasteiger partial charge on any atom is 0.145 e. The second kappa shape index (κ2) is 9.39. The summed E-state index contributed by atoms with van der Waals surface area (Å²) in [7, 11) is 0. The molecule has 0 aromatic heterocycles. The molecule has 0 atom stereocenters. The summed E-state index contributed by atoms with van der Waals surface area (Å²) in [5, 5.41) is 8.29. The molecule has 0 radical (unpaired) electrons. The highest BCUT2D eigenvalue weighted by molar-refractivity contribution is 5.40. The third kappa shape index (κ3) is 7.65. The molecule has 0 heterocycles. The molecule has 0 saturated carbocycles. The predicted octanol–water partition coefficient (Wildman–Crippen LogP) is 0.842. The molecule has 0 aliphatic heterocycles. The number of hydrogen-bond acceptors (Lipinski definition) is 4. The van der Waals surface area contributed by atoms with E-state index in [1.165, 1.54) is 0 Å². The maximum absolute atomic E-state index is 8.29. The monoisotopic (exact) mass is 185 g/mol. The van der Waals surface area contributed by atoms with Crippen LogP contribution in [0.1, 0.15) is 20.3 Å². The average molecular weight is 185 g/mol. The maximum atomic E-state index is 8.29. The van der Waals surface area contributed by atoms with E-state index in [1.54, 1.807) is 0 Å². The van der Waals surface area contributed by atoms with Gasteiger partial charge in [-0.25, -0.2) is 4.99 Å². The quantitative estimate of drug-likeness (QED) is 0.472. The van der Waals surface area contributed by atoms with Crippen molar-refractivity contribution in [2.24, 2.45) is 9.98 Å². The lowest BCUT2D eigenvalue weighted by atomic mass is 10.4. The molecule has 0 aliphatic carbocycles. The summed E-state index contributed by atoms with van der Waals surface area (Å²) in [6.07, 6.45) is 1.02. The summed E-state index contributed by atoms with van der Waals surface area (Å²) in [6.45, 7) is 8.06. The highest BCUT2D eigenvalue weighted by atomic mass is 16.3. The van der Waals surface area contributed by atoms with Crippen LogP contribution in [-0.4, -0.2) is 48.9 Å². The fraction of sp³-hybridized carbons (Fsp3) is 0.889. The van der Waals surface area contributed by atoms with Crippen LogP contribution < -0.4 is 0 Å². The molecule has 4 nitrogen and oxygen atoms in total. The summed E-state index contributed by atoms with van der Waals surface area (Å²) >= 11 is 0. The second-order valence-electron chi connectivity index (χ2n) is 2.66. The molecule has 0 fully saturated rings. The molecule has 0 aromatic carbocycles. The molecule has 76 valence electrons. The van der Waals surface area contributed by atoms with Crippen molar-refractivity contribution in [1.29, 1.82) is 0 Å². The molecule has 0 bridgehead atoms. The van der Waals surface area contributed by atoms with Gasteiger partial charge in [-0.3, -0.25) is 0 Å². The molecular weight excluding hydrogens is 166 g/mol. The number of rotatable bonds is 7. The van der Waals surface area contributed by atoms with E-state index in [0.717, 1.165) is 32.6 Å². The van der Waals surface area contributed by atoms with E-state index in [-0.39, 0.29) is 6.73 Å². The van der Waals surface area contributed by atoms with E-state index in [0.29, 0.717) is 0 Å². The predicted molar refractivity (Wildman–Crippen MR) is 54.2 cm³/mol. The third-order valence-electron chi connectivity index (χ3n) is 1.85. The summed E-state index contributed by atoms with van der Waals surface area (Å²) in [6, 6.07) is 2.43. The zero-order valence-electron chi connectivity index (χ0n) is 8.53. The van der Waals surface area contributed by atoms with Crippen molar-refractivity contribution in [3.8, 4) is 0 Å². The van der Waals surface area contributed by atoms with Crippen LogP contribution in [-0.2, 0) is 0 Å². The molecule has 0 unspecified atom stereocenters. The highest BCUT2D eigenvalue weighted by Gasteiger charge is 1.96. The van der Waals surface area contributed by atoms with Crippen LogP contribution in [0.3, 0.4) is 0 Å². The lowest BCUT2D eigenvalue weighted by Crippen LogP contribution is -2.24. The fourth-order valence-corrected chi connectivity index (χ4v) is 1.04. The number of aliphatic hydroxyl groups excluding tert-OH is 1. The van der Waals surface area contributed by atoms with E-state index >= 15 is 0 Å². The van der Waals surface area contributed by atoms with Crippen molar-refractivity contribution in [1.82, 2.24) is 4.90 Å². The summed E-state index contributed by atoms with van der Waals surface area (Å²) in [4.78, 5) is 9.70. The Labute approximate surface area is 80.0 Å². The SMILES string of the molecule is CCN(CC)CCCN=C=NCO. The molecule has 0 aromatic rings. The average Bonchev–Trinajstić information content (AvgIpc) is 2.17. The van der Waals surface area contributed by atoms with Gasteiger partial charge in [-0.05, 0) is 26.1 Å². The molecule has 0 spiro atoms. The van der Waals surface area contributed by atoms with Gasteiger partial charge < -0.3 is 10.0 Å². The van der Waals surface area contributed by atoms with Gasteiger partial charge in [0.15, 0.2) is 0 Å². The van der Waals surface area contributed by atoms with E-state index in [1.807, 2.05) is 0 Å². The van der Waals surface area contributed by atoms with Crippen LogP contribution in [0.5, 0.6) is 0 Å². The van der Waals surface area contributed by atoms with Gasteiger partial charge in [0.2, 0.25) is 0 Å². The van der Waals surface area contributed by atoms with Crippen molar-refractivity contribution in [2.45, 2.75) is 20.3 Å². The van der Waals surface area contributed by atoms with Crippen LogP contribution in [0.2, 0.25) is 0 Å².